The standard InChI is InChI=1S/C29H32F3N5O2/c1-28(16-33-9-10-39-28)14-18-11-22-23(24(12-18)29(30,31)32)15-37(27(22)38)21-8-4-7-20(13-21)25(19-5-3-6-19)26-35-34-17-36(26)2/h4,7-8,11-13,17,19,25,33H,3,5-6,9-10,14-16H2,1-2H3/t25-,28?/m0/s1. The molecule has 2 atom stereocenters. The van der Waals surface area contributed by atoms with Gasteiger partial charge < -0.3 is 19.5 Å². The highest BCUT2D eigenvalue weighted by molar-refractivity contribution is 6.10. The second-order valence-corrected chi connectivity index (χ2v) is 11.3. The molecule has 206 valence electrons. The number of hydrogen-bond donors (Lipinski definition) is 1. The van der Waals surface area contributed by atoms with Crippen LogP contribution in [0.5, 0.6) is 0 Å². The van der Waals surface area contributed by atoms with Crippen molar-refractivity contribution in [2.75, 3.05) is 24.6 Å². The Morgan fingerprint density at radius 1 is 1.23 bits per heavy atom. The third-order valence-corrected chi connectivity index (χ3v) is 8.40. The first kappa shape index (κ1) is 26.0. The molecule has 3 aliphatic rings. The summed E-state index contributed by atoms with van der Waals surface area (Å²) in [6.45, 7) is 3.49. The van der Waals surface area contributed by atoms with E-state index in [-0.39, 0.29) is 30.0 Å². The highest BCUT2D eigenvalue weighted by atomic mass is 19.4. The van der Waals surface area contributed by atoms with Crippen LogP contribution in [0.15, 0.2) is 42.7 Å². The number of halogens is 3. The normalized spacial score (nSPS) is 22.6. The lowest BCUT2D eigenvalue weighted by molar-refractivity contribution is -0.138. The van der Waals surface area contributed by atoms with Gasteiger partial charge in [-0.3, -0.25) is 4.79 Å². The van der Waals surface area contributed by atoms with Crippen LogP contribution >= 0.6 is 0 Å². The monoisotopic (exact) mass is 539 g/mol. The van der Waals surface area contributed by atoms with Crippen LogP contribution in [0.2, 0.25) is 0 Å². The summed E-state index contributed by atoms with van der Waals surface area (Å²) >= 11 is 0. The molecule has 1 amide bonds. The Morgan fingerprint density at radius 3 is 2.69 bits per heavy atom. The van der Waals surface area contributed by atoms with E-state index in [1.165, 1.54) is 11.0 Å². The fourth-order valence-corrected chi connectivity index (χ4v) is 6.22. The summed E-state index contributed by atoms with van der Waals surface area (Å²) in [4.78, 5) is 15.1. The van der Waals surface area contributed by atoms with Crippen molar-refractivity contribution in [1.82, 2.24) is 20.1 Å². The maximum Gasteiger partial charge on any atom is 0.416 e. The van der Waals surface area contributed by atoms with Gasteiger partial charge >= 0.3 is 6.18 Å². The number of nitrogens with one attached hydrogen (secondary N) is 1. The fraction of sp³-hybridized carbons (Fsp3) is 0.483. The van der Waals surface area contributed by atoms with Crippen molar-refractivity contribution < 1.29 is 22.7 Å². The summed E-state index contributed by atoms with van der Waals surface area (Å²) < 4.78 is 50.6. The molecular formula is C29H32F3N5O2. The zero-order valence-electron chi connectivity index (χ0n) is 22.1. The topological polar surface area (TPSA) is 72.3 Å². The quantitative estimate of drug-likeness (QED) is 0.485. The van der Waals surface area contributed by atoms with Crippen LogP contribution in [0.3, 0.4) is 0 Å². The van der Waals surface area contributed by atoms with Crippen molar-refractivity contribution >= 4 is 11.6 Å². The van der Waals surface area contributed by atoms with E-state index in [0.717, 1.165) is 30.7 Å². The van der Waals surface area contributed by atoms with Crippen LogP contribution < -0.4 is 10.2 Å². The Labute approximate surface area is 225 Å². The number of anilines is 1. The van der Waals surface area contributed by atoms with Gasteiger partial charge in [0.1, 0.15) is 12.2 Å². The molecule has 2 aliphatic heterocycles. The van der Waals surface area contributed by atoms with E-state index in [9.17, 15) is 18.0 Å². The first-order chi connectivity index (χ1) is 18.6. The van der Waals surface area contributed by atoms with E-state index >= 15 is 0 Å². The first-order valence-electron chi connectivity index (χ1n) is 13.5. The molecule has 1 aromatic heterocycles. The average molecular weight is 540 g/mol. The molecule has 3 heterocycles. The van der Waals surface area contributed by atoms with E-state index in [1.807, 2.05) is 36.7 Å². The first-order valence-corrected chi connectivity index (χ1v) is 13.5. The number of ether oxygens (including phenoxy) is 1. The van der Waals surface area contributed by atoms with Gasteiger partial charge in [-0.1, -0.05) is 18.6 Å². The SMILES string of the molecule is Cn1cnnc1[C@H](c1cccc(N2Cc3c(cc(CC4(C)CNCCO4)cc3C(F)(F)F)C2=O)c1)C1CCC1. The van der Waals surface area contributed by atoms with Crippen molar-refractivity contribution in [3.63, 3.8) is 0 Å². The second-order valence-electron chi connectivity index (χ2n) is 11.3. The third kappa shape index (κ3) is 4.84. The van der Waals surface area contributed by atoms with Gasteiger partial charge in [0.2, 0.25) is 0 Å². The van der Waals surface area contributed by atoms with Crippen LogP contribution in [-0.2, 0) is 30.9 Å². The van der Waals surface area contributed by atoms with Gasteiger partial charge in [0, 0.05) is 43.7 Å². The molecular weight excluding hydrogens is 507 g/mol. The van der Waals surface area contributed by atoms with E-state index in [0.29, 0.717) is 36.9 Å². The van der Waals surface area contributed by atoms with E-state index in [4.69, 9.17) is 4.74 Å². The molecule has 1 unspecified atom stereocenters. The smallest absolute Gasteiger partial charge is 0.372 e. The van der Waals surface area contributed by atoms with E-state index in [1.54, 1.807) is 18.5 Å². The predicted molar refractivity (Wildman–Crippen MR) is 140 cm³/mol. The maximum atomic E-state index is 14.3. The van der Waals surface area contributed by atoms with Crippen molar-refractivity contribution in [2.24, 2.45) is 13.0 Å². The summed E-state index contributed by atoms with van der Waals surface area (Å²) in [6, 6.07) is 10.4. The Morgan fingerprint density at radius 2 is 2.05 bits per heavy atom. The van der Waals surface area contributed by atoms with Crippen LogP contribution in [0, 0.1) is 5.92 Å². The zero-order valence-corrected chi connectivity index (χ0v) is 22.1. The summed E-state index contributed by atoms with van der Waals surface area (Å²) in [7, 11) is 1.91. The molecule has 1 aliphatic carbocycles. The number of morpholine rings is 1. The molecule has 2 aromatic carbocycles. The summed E-state index contributed by atoms with van der Waals surface area (Å²) in [5.74, 6) is 0.853. The summed E-state index contributed by atoms with van der Waals surface area (Å²) in [5, 5.41) is 11.7. The lowest BCUT2D eigenvalue weighted by Gasteiger charge is -2.34. The molecule has 6 rings (SSSR count). The van der Waals surface area contributed by atoms with Gasteiger partial charge in [0.05, 0.1) is 24.3 Å². The highest BCUT2D eigenvalue weighted by Gasteiger charge is 2.42. The van der Waals surface area contributed by atoms with Gasteiger partial charge in [-0.25, -0.2) is 0 Å². The molecule has 3 aromatic rings. The van der Waals surface area contributed by atoms with Gasteiger partial charge in [-0.05, 0) is 66.6 Å². The van der Waals surface area contributed by atoms with Crippen molar-refractivity contribution in [1.29, 1.82) is 0 Å². The summed E-state index contributed by atoms with van der Waals surface area (Å²) in [5.41, 5.74) is 0.774. The molecule has 0 bridgehead atoms. The Balaban J connectivity index is 1.35. The minimum atomic E-state index is -4.58. The largest absolute Gasteiger partial charge is 0.416 e. The number of carbonyl (C=O) groups excluding carboxylic acids is 1. The lowest BCUT2D eigenvalue weighted by Crippen LogP contribution is -2.49. The molecule has 10 heteroatoms. The zero-order chi connectivity index (χ0) is 27.4. The van der Waals surface area contributed by atoms with Crippen LogP contribution in [0.1, 0.15) is 70.5 Å². The number of aryl methyl sites for hydroxylation is 1. The van der Waals surface area contributed by atoms with Crippen LogP contribution in [0.25, 0.3) is 0 Å². The molecule has 1 saturated carbocycles. The van der Waals surface area contributed by atoms with Crippen LogP contribution in [-0.4, -0.2) is 46.0 Å². The van der Waals surface area contributed by atoms with Crippen molar-refractivity contribution in [3.05, 3.63) is 76.4 Å². The average Bonchev–Trinajstić information content (AvgIpc) is 3.43. The number of aromatic nitrogens is 3. The third-order valence-electron chi connectivity index (χ3n) is 8.40. The molecule has 2 fully saturated rings. The lowest BCUT2D eigenvalue weighted by atomic mass is 9.72. The summed E-state index contributed by atoms with van der Waals surface area (Å²) in [6.07, 6.45) is 0.681. The number of hydrogen-bond acceptors (Lipinski definition) is 5. The molecule has 1 N–H and O–H groups in total. The minimum absolute atomic E-state index is 0.00784. The highest BCUT2D eigenvalue weighted by Crippen LogP contribution is 2.44. The number of benzene rings is 2. The minimum Gasteiger partial charge on any atom is -0.372 e. The van der Waals surface area contributed by atoms with Gasteiger partial charge in [-0.2, -0.15) is 13.2 Å². The number of fused-ring (bicyclic) bond motifs is 1. The number of carbonyl (C=O) groups is 1. The van der Waals surface area contributed by atoms with Gasteiger partial charge in [-0.15, -0.1) is 10.2 Å². The predicted octanol–water partition coefficient (Wildman–Crippen LogP) is 4.85. The Bertz CT molecular complexity index is 1390. The van der Waals surface area contributed by atoms with Crippen LogP contribution in [0.4, 0.5) is 18.9 Å². The molecule has 7 nitrogen and oxygen atoms in total. The van der Waals surface area contributed by atoms with Crippen molar-refractivity contribution in [3.8, 4) is 0 Å². The molecule has 0 spiro atoms. The Hall–Kier alpha value is -3.24. The van der Waals surface area contributed by atoms with Gasteiger partial charge in [0.25, 0.3) is 5.91 Å². The number of rotatable bonds is 6. The number of amides is 1. The van der Waals surface area contributed by atoms with Gasteiger partial charge in [0.15, 0.2) is 0 Å². The molecule has 1 saturated heterocycles. The van der Waals surface area contributed by atoms with E-state index in [2.05, 4.69) is 15.5 Å². The Kier molecular flexibility index (Phi) is 6.50. The number of nitrogens with zero attached hydrogens (tertiary/aromatic N) is 4. The molecule has 0 radical (unpaired) electrons. The number of alkyl halides is 3. The maximum absolute atomic E-state index is 14.3. The van der Waals surface area contributed by atoms with Crippen molar-refractivity contribution in [2.45, 2.75) is 56.8 Å². The fourth-order valence-electron chi connectivity index (χ4n) is 6.22. The second kappa shape index (κ2) is 9.75. The van der Waals surface area contributed by atoms with E-state index < -0.39 is 23.2 Å². The molecule has 39 heavy (non-hydrogen) atoms.